The molecule has 1 fully saturated rings. The molecule has 0 bridgehead atoms. The second-order valence-corrected chi connectivity index (χ2v) is 8.32. The molecule has 1 N–H and O–H groups in total. The van der Waals surface area contributed by atoms with Crippen molar-refractivity contribution in [3.05, 3.63) is 29.3 Å². The summed E-state index contributed by atoms with van der Waals surface area (Å²) in [5, 5.41) is 2.85. The molecule has 0 aliphatic carbocycles. The lowest BCUT2D eigenvalue weighted by Crippen LogP contribution is -2.51. The Hall–Kier alpha value is -1.76. The molecule has 0 unspecified atom stereocenters. The number of benzene rings is 1. The number of nitrogens with zero attached hydrogens (tertiary/aromatic N) is 1. The summed E-state index contributed by atoms with van der Waals surface area (Å²) in [6, 6.07) is 5.55. The molecule has 0 saturated carbocycles. The number of carbonyl (C=O) groups is 1. The zero-order chi connectivity index (χ0) is 17.0. The van der Waals surface area contributed by atoms with Gasteiger partial charge in [0.2, 0.25) is 0 Å². The van der Waals surface area contributed by atoms with E-state index in [0.29, 0.717) is 6.61 Å². The number of nitrogens with one attached hydrogen (secondary N) is 1. The number of urea groups is 1. The highest BCUT2D eigenvalue weighted by Gasteiger charge is 2.25. The van der Waals surface area contributed by atoms with Gasteiger partial charge in [-0.2, -0.15) is 0 Å². The minimum Gasteiger partial charge on any atom is -0.491 e. The van der Waals surface area contributed by atoms with Crippen molar-refractivity contribution < 1.29 is 17.9 Å². The molecular weight excluding hydrogens is 316 g/mol. The molecule has 128 valence electrons. The van der Waals surface area contributed by atoms with Gasteiger partial charge in [-0.3, -0.25) is 0 Å². The minimum atomic E-state index is -2.98. The van der Waals surface area contributed by atoms with Crippen LogP contribution in [0.5, 0.6) is 5.75 Å². The van der Waals surface area contributed by atoms with Gasteiger partial charge in [0, 0.05) is 13.1 Å². The van der Waals surface area contributed by atoms with Crippen LogP contribution in [0.2, 0.25) is 0 Å². The first-order chi connectivity index (χ1) is 10.8. The summed E-state index contributed by atoms with van der Waals surface area (Å²) in [6.45, 7) is 6.70. The Kier molecular flexibility index (Phi) is 5.51. The van der Waals surface area contributed by atoms with Crippen LogP contribution in [0, 0.1) is 13.8 Å². The molecule has 1 aromatic rings. The van der Waals surface area contributed by atoms with Crippen LogP contribution in [0.15, 0.2) is 18.2 Å². The van der Waals surface area contributed by atoms with Gasteiger partial charge in [-0.05, 0) is 31.9 Å². The molecular formula is C16H24N2O4S. The highest BCUT2D eigenvalue weighted by molar-refractivity contribution is 7.91. The van der Waals surface area contributed by atoms with Gasteiger partial charge in [0.1, 0.15) is 12.4 Å². The number of amides is 2. The standard InChI is InChI=1S/C16H24N2O4S/c1-12-5-4-6-13(2)15(12)22-11-14(3)17-16(19)18-7-9-23(20,21)10-8-18/h4-6,14H,7-11H2,1-3H3,(H,17,19)/t14-/m1/s1. The summed E-state index contributed by atoms with van der Waals surface area (Å²) in [7, 11) is -2.98. The summed E-state index contributed by atoms with van der Waals surface area (Å²) < 4.78 is 28.6. The molecule has 1 aliphatic rings. The summed E-state index contributed by atoms with van der Waals surface area (Å²) in [6.07, 6.45) is 0. The maximum absolute atomic E-state index is 12.1. The van der Waals surface area contributed by atoms with Crippen LogP contribution in [-0.2, 0) is 9.84 Å². The molecule has 1 aliphatic heterocycles. The monoisotopic (exact) mass is 340 g/mol. The Morgan fingerprint density at radius 2 is 1.83 bits per heavy atom. The Balaban J connectivity index is 1.83. The third-order valence-electron chi connectivity index (χ3n) is 3.89. The average Bonchev–Trinajstić information content (AvgIpc) is 2.46. The van der Waals surface area contributed by atoms with Crippen LogP contribution in [0.4, 0.5) is 4.79 Å². The summed E-state index contributed by atoms with van der Waals surface area (Å²) >= 11 is 0. The minimum absolute atomic E-state index is 0.0354. The zero-order valence-electron chi connectivity index (χ0n) is 13.8. The van der Waals surface area contributed by atoms with E-state index >= 15 is 0 Å². The summed E-state index contributed by atoms with van der Waals surface area (Å²) in [5.41, 5.74) is 2.12. The first-order valence-electron chi connectivity index (χ1n) is 7.73. The van der Waals surface area contributed by atoms with Gasteiger partial charge in [0.25, 0.3) is 0 Å². The molecule has 0 aromatic heterocycles. The average molecular weight is 340 g/mol. The lowest BCUT2D eigenvalue weighted by atomic mass is 10.1. The first-order valence-corrected chi connectivity index (χ1v) is 9.55. The Morgan fingerprint density at radius 1 is 1.26 bits per heavy atom. The van der Waals surface area contributed by atoms with Gasteiger partial charge in [-0.1, -0.05) is 18.2 Å². The van der Waals surface area contributed by atoms with E-state index < -0.39 is 9.84 Å². The number of aryl methyl sites for hydroxylation is 2. The van der Waals surface area contributed by atoms with Crippen molar-refractivity contribution >= 4 is 15.9 Å². The van der Waals surface area contributed by atoms with Crippen LogP contribution in [0.3, 0.4) is 0 Å². The number of hydrogen-bond donors (Lipinski definition) is 1. The van der Waals surface area contributed by atoms with E-state index in [0.717, 1.165) is 16.9 Å². The number of para-hydroxylation sites is 1. The smallest absolute Gasteiger partial charge is 0.317 e. The Bertz CT molecular complexity index is 638. The van der Waals surface area contributed by atoms with Crippen LogP contribution in [0.25, 0.3) is 0 Å². The van der Waals surface area contributed by atoms with Crippen LogP contribution >= 0.6 is 0 Å². The van der Waals surface area contributed by atoms with Crippen LogP contribution in [0.1, 0.15) is 18.1 Å². The van der Waals surface area contributed by atoms with E-state index in [4.69, 9.17) is 4.74 Å². The first kappa shape index (κ1) is 17.6. The third kappa shape index (κ3) is 4.86. The molecule has 1 atom stereocenters. The van der Waals surface area contributed by atoms with E-state index in [2.05, 4.69) is 5.32 Å². The number of hydrogen-bond acceptors (Lipinski definition) is 4. The lowest BCUT2D eigenvalue weighted by molar-refractivity contribution is 0.191. The van der Waals surface area contributed by atoms with Crippen LogP contribution < -0.4 is 10.1 Å². The van der Waals surface area contributed by atoms with Gasteiger partial charge in [0.15, 0.2) is 9.84 Å². The molecule has 0 spiro atoms. The fraction of sp³-hybridized carbons (Fsp3) is 0.562. The van der Waals surface area contributed by atoms with Gasteiger partial charge in [0.05, 0.1) is 17.5 Å². The molecule has 2 rings (SSSR count). The van der Waals surface area contributed by atoms with Crippen molar-refractivity contribution in [2.45, 2.75) is 26.8 Å². The maximum Gasteiger partial charge on any atom is 0.317 e. The molecule has 6 nitrogen and oxygen atoms in total. The van der Waals surface area contributed by atoms with Gasteiger partial charge < -0.3 is 15.0 Å². The van der Waals surface area contributed by atoms with Gasteiger partial charge >= 0.3 is 6.03 Å². The number of sulfone groups is 1. The van der Waals surface area contributed by atoms with Gasteiger partial charge in [-0.15, -0.1) is 0 Å². The molecule has 1 heterocycles. The second kappa shape index (κ2) is 7.21. The SMILES string of the molecule is Cc1cccc(C)c1OC[C@@H](C)NC(=O)N1CCS(=O)(=O)CC1. The topological polar surface area (TPSA) is 75.7 Å². The second-order valence-electron chi connectivity index (χ2n) is 6.02. The van der Waals surface area contributed by atoms with Crippen molar-refractivity contribution in [2.75, 3.05) is 31.2 Å². The lowest BCUT2D eigenvalue weighted by Gasteiger charge is -2.28. The zero-order valence-corrected chi connectivity index (χ0v) is 14.6. The molecule has 1 saturated heterocycles. The van der Waals surface area contributed by atoms with E-state index in [9.17, 15) is 13.2 Å². The van der Waals surface area contributed by atoms with Crippen LogP contribution in [-0.4, -0.2) is 56.6 Å². The molecule has 23 heavy (non-hydrogen) atoms. The number of ether oxygens (including phenoxy) is 1. The predicted octanol–water partition coefficient (Wildman–Crippen LogP) is 1.51. The summed E-state index contributed by atoms with van der Waals surface area (Å²) in [5.74, 6) is 0.916. The predicted molar refractivity (Wildman–Crippen MR) is 89.6 cm³/mol. The van der Waals surface area contributed by atoms with E-state index in [1.165, 1.54) is 4.90 Å². The van der Waals surface area contributed by atoms with Crippen molar-refractivity contribution in [2.24, 2.45) is 0 Å². The molecule has 1 aromatic carbocycles. The van der Waals surface area contributed by atoms with Crippen molar-refractivity contribution in [1.82, 2.24) is 10.2 Å². The largest absolute Gasteiger partial charge is 0.491 e. The van der Waals surface area contributed by atoms with Gasteiger partial charge in [-0.25, -0.2) is 13.2 Å². The number of carbonyl (C=O) groups excluding carboxylic acids is 1. The Labute approximate surface area is 137 Å². The van der Waals surface area contributed by atoms with Crippen molar-refractivity contribution in [1.29, 1.82) is 0 Å². The normalized spacial score (nSPS) is 18.3. The molecule has 0 radical (unpaired) electrons. The fourth-order valence-corrected chi connectivity index (χ4v) is 3.70. The molecule has 2 amide bonds. The van der Waals surface area contributed by atoms with E-state index in [-0.39, 0.29) is 36.7 Å². The van der Waals surface area contributed by atoms with Crippen molar-refractivity contribution in [3.63, 3.8) is 0 Å². The van der Waals surface area contributed by atoms with Crippen molar-refractivity contribution in [3.8, 4) is 5.75 Å². The summed E-state index contributed by atoms with van der Waals surface area (Å²) in [4.78, 5) is 13.7. The van der Waals surface area contributed by atoms with E-state index in [1.54, 1.807) is 0 Å². The Morgan fingerprint density at radius 3 is 2.39 bits per heavy atom. The van der Waals surface area contributed by atoms with E-state index in [1.807, 2.05) is 39.0 Å². The maximum atomic E-state index is 12.1. The highest BCUT2D eigenvalue weighted by Crippen LogP contribution is 2.22. The number of rotatable bonds is 4. The third-order valence-corrected chi connectivity index (χ3v) is 5.50. The molecule has 7 heteroatoms. The quantitative estimate of drug-likeness (QED) is 0.901. The highest BCUT2D eigenvalue weighted by atomic mass is 32.2. The fourth-order valence-electron chi connectivity index (χ4n) is 2.49.